The lowest BCUT2D eigenvalue weighted by atomic mass is 10.1. The van der Waals surface area contributed by atoms with Crippen molar-refractivity contribution in [2.24, 2.45) is 5.92 Å². The number of amides is 1. The molecule has 0 saturated carbocycles. The first-order chi connectivity index (χ1) is 9.47. The van der Waals surface area contributed by atoms with Gasteiger partial charge in [-0.2, -0.15) is 0 Å². The molecule has 0 aromatic heterocycles. The lowest BCUT2D eigenvalue weighted by molar-refractivity contribution is -0.141. The Morgan fingerprint density at radius 2 is 2.20 bits per heavy atom. The van der Waals surface area contributed by atoms with Crippen LogP contribution in [0.25, 0.3) is 0 Å². The summed E-state index contributed by atoms with van der Waals surface area (Å²) in [6.45, 7) is 2.94. The van der Waals surface area contributed by atoms with Gasteiger partial charge in [-0.1, -0.05) is 28.1 Å². The van der Waals surface area contributed by atoms with Crippen LogP contribution < -0.4 is 0 Å². The van der Waals surface area contributed by atoms with Gasteiger partial charge in [-0.15, -0.1) is 0 Å². The molecule has 1 aromatic carbocycles. The number of rotatable bonds is 4. The maximum atomic E-state index is 12.1. The molecule has 0 unspecified atom stereocenters. The van der Waals surface area contributed by atoms with Crippen LogP contribution in [-0.4, -0.2) is 35.0 Å². The van der Waals surface area contributed by atoms with Gasteiger partial charge in [-0.3, -0.25) is 9.59 Å². The number of carbonyl (C=O) groups excluding carboxylic acids is 1. The summed E-state index contributed by atoms with van der Waals surface area (Å²) in [7, 11) is 0. The van der Waals surface area contributed by atoms with E-state index in [1.54, 1.807) is 4.90 Å². The van der Waals surface area contributed by atoms with E-state index in [1.165, 1.54) is 0 Å². The van der Waals surface area contributed by atoms with Gasteiger partial charge in [0.15, 0.2) is 0 Å². The van der Waals surface area contributed by atoms with Crippen molar-refractivity contribution in [2.45, 2.75) is 26.2 Å². The van der Waals surface area contributed by atoms with E-state index in [0.717, 1.165) is 15.6 Å². The normalized spacial score (nSPS) is 18.3. The van der Waals surface area contributed by atoms with Crippen molar-refractivity contribution < 1.29 is 14.7 Å². The molecule has 1 heterocycles. The smallest absolute Gasteiger partial charge is 0.308 e. The fourth-order valence-electron chi connectivity index (χ4n) is 2.46. The number of aliphatic carboxylic acids is 1. The average molecular weight is 340 g/mol. The van der Waals surface area contributed by atoms with Crippen LogP contribution in [0.4, 0.5) is 0 Å². The lowest BCUT2D eigenvalue weighted by Gasteiger charge is -2.15. The molecule has 1 atom stereocenters. The molecule has 0 bridgehead atoms. The van der Waals surface area contributed by atoms with E-state index in [9.17, 15) is 9.59 Å². The van der Waals surface area contributed by atoms with Crippen molar-refractivity contribution in [3.8, 4) is 0 Å². The molecule has 20 heavy (non-hydrogen) atoms. The molecule has 1 aromatic rings. The van der Waals surface area contributed by atoms with Gasteiger partial charge < -0.3 is 10.0 Å². The molecule has 108 valence electrons. The van der Waals surface area contributed by atoms with Gasteiger partial charge in [0.05, 0.1) is 5.92 Å². The second kappa shape index (κ2) is 6.39. The Kier molecular flexibility index (Phi) is 4.81. The number of benzene rings is 1. The van der Waals surface area contributed by atoms with Crippen LogP contribution in [0, 0.1) is 12.8 Å². The highest BCUT2D eigenvalue weighted by molar-refractivity contribution is 9.10. The minimum Gasteiger partial charge on any atom is -0.481 e. The molecule has 2 rings (SSSR count). The van der Waals surface area contributed by atoms with Crippen molar-refractivity contribution >= 4 is 27.8 Å². The van der Waals surface area contributed by atoms with Crippen LogP contribution >= 0.6 is 15.9 Å². The molecule has 1 aliphatic heterocycles. The first-order valence-corrected chi connectivity index (χ1v) is 7.52. The zero-order valence-electron chi connectivity index (χ0n) is 11.4. The summed E-state index contributed by atoms with van der Waals surface area (Å²) >= 11 is 3.45. The standard InChI is InChI=1S/C15H18BrNO3/c1-10-8-11(2-4-13(10)16)3-5-14(18)17-7-6-12(9-17)15(19)20/h2,4,8,12H,3,5-7,9H2,1H3,(H,19,20)/t12-/m1/s1. The number of carbonyl (C=O) groups is 2. The molecule has 4 nitrogen and oxygen atoms in total. The fraction of sp³-hybridized carbons (Fsp3) is 0.467. The van der Waals surface area contributed by atoms with Gasteiger partial charge in [0.2, 0.25) is 5.91 Å². The summed E-state index contributed by atoms with van der Waals surface area (Å²) in [5, 5.41) is 8.93. The van der Waals surface area contributed by atoms with Crippen LogP contribution in [0.5, 0.6) is 0 Å². The third-order valence-electron chi connectivity index (χ3n) is 3.74. The Hall–Kier alpha value is -1.36. The van der Waals surface area contributed by atoms with E-state index >= 15 is 0 Å². The molecule has 0 aliphatic carbocycles. The van der Waals surface area contributed by atoms with E-state index in [0.29, 0.717) is 32.4 Å². The van der Waals surface area contributed by atoms with Crippen LogP contribution in [-0.2, 0) is 16.0 Å². The van der Waals surface area contributed by atoms with Gasteiger partial charge >= 0.3 is 5.97 Å². The highest BCUT2D eigenvalue weighted by Gasteiger charge is 2.30. The Balaban J connectivity index is 1.86. The van der Waals surface area contributed by atoms with Gasteiger partial charge in [0, 0.05) is 24.0 Å². The summed E-state index contributed by atoms with van der Waals surface area (Å²) in [6, 6.07) is 6.07. The molecule has 1 aliphatic rings. The maximum Gasteiger partial charge on any atom is 0.308 e. The van der Waals surface area contributed by atoms with Crippen molar-refractivity contribution in [2.75, 3.05) is 13.1 Å². The molecule has 1 N–H and O–H groups in total. The van der Waals surface area contributed by atoms with Crippen molar-refractivity contribution in [3.05, 3.63) is 33.8 Å². The van der Waals surface area contributed by atoms with Crippen LogP contribution in [0.3, 0.4) is 0 Å². The number of carboxylic acid groups (broad SMARTS) is 1. The van der Waals surface area contributed by atoms with Gasteiger partial charge in [0.1, 0.15) is 0 Å². The molecule has 1 amide bonds. The SMILES string of the molecule is Cc1cc(CCC(=O)N2CC[C@@H](C(=O)O)C2)ccc1Br. The van der Waals surface area contributed by atoms with Crippen LogP contribution in [0.1, 0.15) is 24.0 Å². The van der Waals surface area contributed by atoms with E-state index in [1.807, 2.05) is 19.1 Å². The van der Waals surface area contributed by atoms with E-state index in [2.05, 4.69) is 22.0 Å². The van der Waals surface area contributed by atoms with Crippen LogP contribution in [0.2, 0.25) is 0 Å². The molecule has 0 spiro atoms. The highest BCUT2D eigenvalue weighted by Crippen LogP contribution is 2.20. The Morgan fingerprint density at radius 1 is 1.45 bits per heavy atom. The molecular weight excluding hydrogens is 322 g/mol. The quantitative estimate of drug-likeness (QED) is 0.917. The minimum absolute atomic E-state index is 0.0503. The van der Waals surface area contributed by atoms with E-state index in [4.69, 9.17) is 5.11 Å². The Bertz CT molecular complexity index is 530. The van der Waals surface area contributed by atoms with Gasteiger partial charge in [-0.05, 0) is 37.0 Å². The number of aryl methyl sites for hydroxylation is 2. The first-order valence-electron chi connectivity index (χ1n) is 6.73. The lowest BCUT2D eigenvalue weighted by Crippen LogP contribution is -2.30. The Labute approximate surface area is 126 Å². The predicted molar refractivity (Wildman–Crippen MR) is 79.5 cm³/mol. The van der Waals surface area contributed by atoms with Crippen molar-refractivity contribution in [1.29, 1.82) is 0 Å². The topological polar surface area (TPSA) is 57.6 Å². The molecular formula is C15H18BrNO3. The number of nitrogens with zero attached hydrogens (tertiary/aromatic N) is 1. The van der Waals surface area contributed by atoms with Crippen molar-refractivity contribution in [3.63, 3.8) is 0 Å². The maximum absolute atomic E-state index is 12.1. The van der Waals surface area contributed by atoms with Gasteiger partial charge in [0.25, 0.3) is 0 Å². The average Bonchev–Trinajstić information content (AvgIpc) is 2.89. The molecule has 0 radical (unpaired) electrons. The fourth-order valence-corrected chi connectivity index (χ4v) is 2.71. The summed E-state index contributed by atoms with van der Waals surface area (Å²) in [4.78, 5) is 24.6. The number of hydrogen-bond acceptors (Lipinski definition) is 2. The van der Waals surface area contributed by atoms with E-state index in [-0.39, 0.29) is 5.91 Å². The third-order valence-corrected chi connectivity index (χ3v) is 4.63. The summed E-state index contributed by atoms with van der Waals surface area (Å²) in [6.07, 6.45) is 1.70. The number of likely N-dealkylation sites (tertiary alicyclic amines) is 1. The summed E-state index contributed by atoms with van der Waals surface area (Å²) in [5.74, 6) is -1.15. The number of carboxylic acids is 1. The summed E-state index contributed by atoms with van der Waals surface area (Å²) < 4.78 is 1.07. The zero-order valence-corrected chi connectivity index (χ0v) is 13.0. The zero-order chi connectivity index (χ0) is 14.7. The Morgan fingerprint density at radius 3 is 2.80 bits per heavy atom. The second-order valence-electron chi connectivity index (χ2n) is 5.25. The summed E-state index contributed by atoms with van der Waals surface area (Å²) in [5.41, 5.74) is 2.29. The third kappa shape index (κ3) is 3.60. The molecule has 1 saturated heterocycles. The van der Waals surface area contributed by atoms with E-state index < -0.39 is 11.9 Å². The predicted octanol–water partition coefficient (Wildman–Crippen LogP) is 2.62. The van der Waals surface area contributed by atoms with Crippen LogP contribution in [0.15, 0.2) is 22.7 Å². The monoisotopic (exact) mass is 339 g/mol. The molecule has 5 heteroatoms. The number of hydrogen-bond donors (Lipinski definition) is 1. The largest absolute Gasteiger partial charge is 0.481 e. The number of halogens is 1. The minimum atomic E-state index is -0.802. The molecule has 1 fully saturated rings. The first kappa shape index (κ1) is 15.0. The highest BCUT2D eigenvalue weighted by atomic mass is 79.9. The van der Waals surface area contributed by atoms with Crippen molar-refractivity contribution in [1.82, 2.24) is 4.90 Å². The second-order valence-corrected chi connectivity index (χ2v) is 6.10. The van der Waals surface area contributed by atoms with Gasteiger partial charge in [-0.25, -0.2) is 0 Å².